The second kappa shape index (κ2) is 5.21. The van der Waals surface area contributed by atoms with Gasteiger partial charge in [0.2, 0.25) is 6.29 Å². The van der Waals surface area contributed by atoms with Crippen molar-refractivity contribution >= 4 is 17.9 Å². The van der Waals surface area contributed by atoms with Crippen LogP contribution in [0.25, 0.3) is 0 Å². The smallest absolute Gasteiger partial charge is 0.288 e. The maximum atomic E-state index is 11.1. The van der Waals surface area contributed by atoms with Crippen molar-refractivity contribution in [2.45, 2.75) is 39.5 Å². The van der Waals surface area contributed by atoms with E-state index in [1.165, 1.54) is 0 Å². The average Bonchev–Trinajstić information content (AvgIpc) is 2.33. The van der Waals surface area contributed by atoms with Crippen LogP contribution in [0, 0.1) is 6.92 Å². The summed E-state index contributed by atoms with van der Waals surface area (Å²) in [6.45, 7) is 7.84. The standard InChI is InChI=1S/C14H19NO3/c1-5-14(3,4)11-7-10(15-12(17)8-16)6-9(2)13(11)18/h6-8,18H,5H2,1-4H3,(H,15,17). The Balaban J connectivity index is 3.26. The van der Waals surface area contributed by atoms with Crippen molar-refractivity contribution in [1.29, 1.82) is 0 Å². The number of amides is 1. The topological polar surface area (TPSA) is 66.4 Å². The van der Waals surface area contributed by atoms with Gasteiger partial charge in [-0.25, -0.2) is 0 Å². The molecule has 0 bridgehead atoms. The van der Waals surface area contributed by atoms with Gasteiger partial charge in [-0.1, -0.05) is 20.8 Å². The largest absolute Gasteiger partial charge is 0.507 e. The maximum Gasteiger partial charge on any atom is 0.288 e. The molecule has 0 aliphatic heterocycles. The fraction of sp³-hybridized carbons (Fsp3) is 0.429. The zero-order valence-corrected chi connectivity index (χ0v) is 11.2. The lowest BCUT2D eigenvalue weighted by Gasteiger charge is -2.26. The Morgan fingerprint density at radius 2 is 2.06 bits per heavy atom. The van der Waals surface area contributed by atoms with Crippen molar-refractivity contribution < 1.29 is 14.7 Å². The van der Waals surface area contributed by atoms with Crippen LogP contribution in [0.1, 0.15) is 38.3 Å². The van der Waals surface area contributed by atoms with E-state index in [0.717, 1.165) is 12.0 Å². The summed E-state index contributed by atoms with van der Waals surface area (Å²) in [6, 6.07) is 3.36. The van der Waals surface area contributed by atoms with Crippen LogP contribution in [0.15, 0.2) is 12.1 Å². The Kier molecular flexibility index (Phi) is 4.11. The Bertz CT molecular complexity index is 478. The predicted octanol–water partition coefficient (Wildman–Crippen LogP) is 2.53. The number of carbonyl (C=O) groups excluding carboxylic acids is 2. The van der Waals surface area contributed by atoms with Crippen molar-refractivity contribution in [2.24, 2.45) is 0 Å². The molecule has 18 heavy (non-hydrogen) atoms. The molecule has 1 amide bonds. The lowest BCUT2D eigenvalue weighted by atomic mass is 9.80. The minimum atomic E-state index is -0.694. The van der Waals surface area contributed by atoms with Gasteiger partial charge in [0.1, 0.15) is 5.75 Å². The second-order valence-electron chi connectivity index (χ2n) is 5.03. The van der Waals surface area contributed by atoms with Crippen LogP contribution in [-0.4, -0.2) is 17.3 Å². The van der Waals surface area contributed by atoms with E-state index in [2.05, 4.69) is 5.32 Å². The molecular formula is C14H19NO3. The molecule has 1 rings (SSSR count). The van der Waals surface area contributed by atoms with Crippen LogP contribution >= 0.6 is 0 Å². The third kappa shape index (κ3) is 2.88. The molecule has 4 nitrogen and oxygen atoms in total. The Morgan fingerprint density at radius 3 is 2.56 bits per heavy atom. The fourth-order valence-electron chi connectivity index (χ4n) is 1.73. The number of benzene rings is 1. The molecule has 1 aromatic rings. The summed E-state index contributed by atoms with van der Waals surface area (Å²) in [6.07, 6.45) is 1.08. The van der Waals surface area contributed by atoms with Gasteiger partial charge in [0.25, 0.3) is 5.91 Å². The molecule has 0 spiro atoms. The van der Waals surface area contributed by atoms with E-state index in [1.807, 2.05) is 20.8 Å². The first-order valence-electron chi connectivity index (χ1n) is 5.92. The first-order chi connectivity index (χ1) is 8.31. The number of anilines is 1. The summed E-state index contributed by atoms with van der Waals surface area (Å²) in [4.78, 5) is 21.4. The third-order valence-electron chi connectivity index (χ3n) is 3.29. The highest BCUT2D eigenvalue weighted by Crippen LogP contribution is 2.37. The number of hydrogen-bond donors (Lipinski definition) is 2. The van der Waals surface area contributed by atoms with Crippen molar-refractivity contribution in [3.8, 4) is 5.75 Å². The average molecular weight is 249 g/mol. The van der Waals surface area contributed by atoms with Crippen LogP contribution in [-0.2, 0) is 15.0 Å². The maximum absolute atomic E-state index is 11.1. The van der Waals surface area contributed by atoms with Gasteiger partial charge in [-0.15, -0.1) is 0 Å². The fourth-order valence-corrected chi connectivity index (χ4v) is 1.73. The minimum absolute atomic E-state index is 0.198. The summed E-state index contributed by atoms with van der Waals surface area (Å²) in [5, 5.41) is 12.6. The number of aromatic hydroxyl groups is 1. The number of phenols is 1. The Hall–Kier alpha value is -1.84. The van der Waals surface area contributed by atoms with Crippen molar-refractivity contribution in [3.63, 3.8) is 0 Å². The zero-order valence-electron chi connectivity index (χ0n) is 11.2. The molecule has 4 heteroatoms. The number of nitrogens with one attached hydrogen (secondary N) is 1. The molecule has 1 aromatic carbocycles. The van der Waals surface area contributed by atoms with E-state index in [9.17, 15) is 14.7 Å². The Labute approximate surface area is 107 Å². The number of aryl methyl sites for hydroxylation is 1. The summed E-state index contributed by atoms with van der Waals surface area (Å²) in [7, 11) is 0. The van der Waals surface area contributed by atoms with Gasteiger partial charge in [-0.05, 0) is 36.5 Å². The first-order valence-corrected chi connectivity index (χ1v) is 5.92. The zero-order chi connectivity index (χ0) is 13.9. The number of carbonyl (C=O) groups is 2. The van der Waals surface area contributed by atoms with Gasteiger partial charge >= 0.3 is 0 Å². The minimum Gasteiger partial charge on any atom is -0.507 e. The van der Waals surface area contributed by atoms with Gasteiger partial charge in [-0.2, -0.15) is 0 Å². The van der Waals surface area contributed by atoms with Crippen molar-refractivity contribution in [2.75, 3.05) is 5.32 Å². The highest BCUT2D eigenvalue weighted by molar-refractivity contribution is 6.29. The summed E-state index contributed by atoms with van der Waals surface area (Å²) >= 11 is 0. The predicted molar refractivity (Wildman–Crippen MR) is 70.9 cm³/mol. The summed E-state index contributed by atoms with van der Waals surface area (Å²) < 4.78 is 0. The van der Waals surface area contributed by atoms with Gasteiger partial charge in [0.05, 0.1) is 0 Å². The highest BCUT2D eigenvalue weighted by Gasteiger charge is 2.23. The third-order valence-corrected chi connectivity index (χ3v) is 3.29. The lowest BCUT2D eigenvalue weighted by Crippen LogP contribution is -2.18. The second-order valence-corrected chi connectivity index (χ2v) is 5.03. The van der Waals surface area contributed by atoms with E-state index in [4.69, 9.17) is 0 Å². The van der Waals surface area contributed by atoms with E-state index in [1.54, 1.807) is 19.1 Å². The van der Waals surface area contributed by atoms with Crippen molar-refractivity contribution in [3.05, 3.63) is 23.3 Å². The Morgan fingerprint density at radius 1 is 1.44 bits per heavy atom. The molecule has 0 atom stereocenters. The number of hydrogen-bond acceptors (Lipinski definition) is 3. The van der Waals surface area contributed by atoms with E-state index in [0.29, 0.717) is 11.3 Å². The van der Waals surface area contributed by atoms with Crippen molar-refractivity contribution in [1.82, 2.24) is 0 Å². The van der Waals surface area contributed by atoms with Crippen LogP contribution in [0.5, 0.6) is 5.75 Å². The van der Waals surface area contributed by atoms with E-state index in [-0.39, 0.29) is 17.5 Å². The van der Waals surface area contributed by atoms with Gasteiger partial charge < -0.3 is 10.4 Å². The molecule has 98 valence electrons. The molecule has 0 saturated carbocycles. The quantitative estimate of drug-likeness (QED) is 0.489. The summed E-state index contributed by atoms with van der Waals surface area (Å²) in [5.41, 5.74) is 1.77. The molecule has 0 aliphatic rings. The van der Waals surface area contributed by atoms with Gasteiger partial charge in [-0.3, -0.25) is 9.59 Å². The van der Waals surface area contributed by atoms with Gasteiger partial charge in [0, 0.05) is 11.3 Å². The first kappa shape index (κ1) is 14.2. The van der Waals surface area contributed by atoms with Crippen LogP contribution in [0.3, 0.4) is 0 Å². The molecule has 0 radical (unpaired) electrons. The highest BCUT2D eigenvalue weighted by atomic mass is 16.3. The molecule has 2 N–H and O–H groups in total. The van der Waals surface area contributed by atoms with Gasteiger partial charge in [0.15, 0.2) is 0 Å². The summed E-state index contributed by atoms with van der Waals surface area (Å²) in [5.74, 6) is -0.453. The van der Waals surface area contributed by atoms with Crippen LogP contribution in [0.2, 0.25) is 0 Å². The van der Waals surface area contributed by atoms with E-state index < -0.39 is 5.91 Å². The molecule has 0 heterocycles. The monoisotopic (exact) mass is 249 g/mol. The normalized spacial score (nSPS) is 11.1. The lowest BCUT2D eigenvalue weighted by molar-refractivity contribution is -0.127. The molecule has 0 saturated heterocycles. The molecule has 0 aromatic heterocycles. The molecule has 0 aliphatic carbocycles. The molecule has 0 unspecified atom stereocenters. The number of rotatable bonds is 4. The molecular weight excluding hydrogens is 230 g/mol. The van der Waals surface area contributed by atoms with Crippen LogP contribution < -0.4 is 5.32 Å². The van der Waals surface area contributed by atoms with E-state index >= 15 is 0 Å². The number of aldehydes is 1. The number of phenolic OH excluding ortho intramolecular Hbond substituents is 1. The van der Waals surface area contributed by atoms with Crippen LogP contribution in [0.4, 0.5) is 5.69 Å². The molecule has 0 fully saturated rings. The SMILES string of the molecule is CCC(C)(C)c1cc(NC(=O)C=O)cc(C)c1O.